The predicted octanol–water partition coefficient (Wildman–Crippen LogP) is -16.9. The van der Waals surface area contributed by atoms with E-state index in [1.165, 1.54) is 180 Å². The largest absolute Gasteiger partial charge is 0.456 e. The van der Waals surface area contributed by atoms with Crippen LogP contribution in [0.3, 0.4) is 0 Å². The highest BCUT2D eigenvalue weighted by Crippen LogP contribution is 2.50. The molecule has 0 aliphatic heterocycles. The van der Waals surface area contributed by atoms with E-state index in [1.54, 1.807) is 0 Å². The van der Waals surface area contributed by atoms with Crippen molar-refractivity contribution in [2.45, 2.75) is 19.3 Å². The maximum absolute atomic E-state index is 7.30. The van der Waals surface area contributed by atoms with Crippen LogP contribution in [0, 0.1) is 0 Å². The Kier molecular flexibility index (Phi) is 9.40. The van der Waals surface area contributed by atoms with Crippen LogP contribution in [0.4, 0.5) is 0 Å². The summed E-state index contributed by atoms with van der Waals surface area (Å²) in [6.07, 6.45) is 0. The molecule has 0 radical (unpaired) electrons. The van der Waals surface area contributed by atoms with E-state index in [2.05, 4.69) is 190 Å². The van der Waals surface area contributed by atoms with Crippen LogP contribution in [-0.2, 0) is 5.41 Å². The van der Waals surface area contributed by atoms with E-state index in [-0.39, 0.29) is 5.41 Å². The highest BCUT2D eigenvalue weighted by atomic mass is 16.3. The molecule has 0 N–H and O–H groups in total. The minimum atomic E-state index is -0.0554. The number of hydrogen-bond acceptors (Lipinski definition) is 1. The van der Waals surface area contributed by atoms with Crippen molar-refractivity contribution in [2.75, 3.05) is 0 Å². The van der Waals surface area contributed by atoms with Crippen LogP contribution in [0.1, 0.15) is 25.0 Å². The number of benzene rings is 8. The second-order valence-corrected chi connectivity index (χ2v) is 20.4. The molecule has 18 heteroatoms. The Morgan fingerprint density at radius 3 is 1.25 bits per heavy atom. The van der Waals surface area contributed by atoms with Gasteiger partial charge in [-0.15, -0.1) is 32.8 Å². The molecule has 1 aliphatic carbocycles. The molecule has 0 saturated heterocycles. The first-order valence-electron chi connectivity index (χ1n) is 23.2. The van der Waals surface area contributed by atoms with E-state index in [1.807, 2.05) is 0 Å². The number of hydrogen-bond donors (Lipinski definition) is 0. The molecule has 0 spiro atoms. The Labute approximate surface area is 388 Å². The molecule has 10 rings (SSSR count). The summed E-state index contributed by atoms with van der Waals surface area (Å²) < 4.78 is 7.30. The van der Waals surface area contributed by atoms with Gasteiger partial charge in [-0.2, -0.15) is 0 Å². The zero-order valence-electron chi connectivity index (χ0n) is 41.4. The van der Waals surface area contributed by atoms with E-state index >= 15 is 0 Å². The molecule has 0 saturated carbocycles. The third kappa shape index (κ3) is 5.25. The molecule has 1 aliphatic rings. The normalized spacial score (nSPS) is 13.2. The second-order valence-electron chi connectivity index (χ2n) is 20.4. The van der Waals surface area contributed by atoms with Gasteiger partial charge in [0.25, 0.3) is 0 Å². The maximum Gasteiger partial charge on any atom is 0.143 e. The summed E-state index contributed by atoms with van der Waals surface area (Å²) in [5.41, 5.74) is 35.9. The summed E-state index contributed by atoms with van der Waals surface area (Å²) in [5.74, 6) is 0. The van der Waals surface area contributed by atoms with Gasteiger partial charge in [-0.1, -0.05) is 110 Å². The minimum Gasteiger partial charge on any atom is -0.456 e. The van der Waals surface area contributed by atoms with Crippen molar-refractivity contribution in [1.29, 1.82) is 0 Å². The van der Waals surface area contributed by atoms with Crippen LogP contribution >= 0.6 is 0 Å². The highest BCUT2D eigenvalue weighted by molar-refractivity contribution is 6.74. The predicted molar refractivity (Wildman–Crippen MR) is 334 cm³/mol. The number of fused-ring (bicyclic) bond motifs is 10. The van der Waals surface area contributed by atoms with Gasteiger partial charge in [0.2, 0.25) is 0 Å². The standard InChI is InChI=1S/C45H47B17O/c1-45(2)13-6-4-3-5-11(13)12-9-10(7-8-14(12)45)15-17-19(29(49)38(58)36(56)27(17)47)16(20-18(15)28(48)37(57)39(59)30(20)50)21-26(46)24-25-34(54)31(51)22-23(35(55)41(61)40(60)32(22)52)43(25)63-44(24)42(62)33(21)53/h3-9H,46-62H2,1-2H3. The molecule has 0 bridgehead atoms. The molecule has 284 valence electrons. The molecular weight excluding hydrogens is 740 g/mol. The fourth-order valence-corrected chi connectivity index (χ4v) is 12.7. The number of rotatable bonds is 2. The fraction of sp³-hybridized carbons (Fsp3) is 0.0667. The zero-order chi connectivity index (χ0) is 45.4. The van der Waals surface area contributed by atoms with Gasteiger partial charge in [-0.05, 0) is 77.5 Å². The van der Waals surface area contributed by atoms with Gasteiger partial charge in [-0.3, -0.25) is 0 Å². The molecule has 9 aromatic rings. The summed E-state index contributed by atoms with van der Waals surface area (Å²) in [5, 5.41) is 10.7. The Hall–Kier alpha value is -4.56. The van der Waals surface area contributed by atoms with E-state index in [0.29, 0.717) is 0 Å². The lowest BCUT2D eigenvalue weighted by molar-refractivity contribution is 0.660. The lowest BCUT2D eigenvalue weighted by Crippen LogP contribution is -2.50. The summed E-state index contributed by atoms with van der Waals surface area (Å²) in [6.45, 7) is 4.77. The van der Waals surface area contributed by atoms with E-state index in [9.17, 15) is 0 Å². The van der Waals surface area contributed by atoms with E-state index in [4.69, 9.17) is 4.42 Å². The molecule has 8 aromatic carbocycles. The minimum absolute atomic E-state index is 0.0554. The van der Waals surface area contributed by atoms with Gasteiger partial charge >= 0.3 is 0 Å². The highest BCUT2D eigenvalue weighted by Gasteiger charge is 2.36. The average Bonchev–Trinajstić information content (AvgIpc) is 3.77. The van der Waals surface area contributed by atoms with Crippen LogP contribution in [0.25, 0.3) is 87.6 Å². The lowest BCUT2D eigenvalue weighted by atomic mass is 9.58. The Morgan fingerprint density at radius 2 is 0.714 bits per heavy atom. The average molecular weight is 788 g/mol. The molecule has 0 unspecified atom stereocenters. The molecule has 0 amide bonds. The SMILES string of the molecule is Bc1c(-c2c3c(B)c(B)c(B)c(B)c3c(-c3ccc4c(c3)-c3ccccc3C4(C)C)c3c(B)c(B)c(B)c(B)c23)c(B)c2c(oc3c4c(B)c(B)c(B)c(B)c4c(B)c(B)c32)c1B. The number of furan rings is 1. The molecule has 1 aromatic heterocycles. The van der Waals surface area contributed by atoms with Crippen molar-refractivity contribution in [3.8, 4) is 33.4 Å². The monoisotopic (exact) mass is 791 g/mol. The van der Waals surface area contributed by atoms with E-state index in [0.717, 1.165) is 11.2 Å². The van der Waals surface area contributed by atoms with Crippen molar-refractivity contribution < 1.29 is 4.42 Å². The van der Waals surface area contributed by atoms with Gasteiger partial charge in [-0.25, -0.2) is 0 Å². The summed E-state index contributed by atoms with van der Waals surface area (Å²) in [4.78, 5) is 0. The third-order valence-electron chi connectivity index (χ3n) is 17.7. The van der Waals surface area contributed by atoms with Crippen LogP contribution in [0.15, 0.2) is 46.9 Å². The maximum atomic E-state index is 7.30. The van der Waals surface area contributed by atoms with Gasteiger partial charge < -0.3 is 4.42 Å². The third-order valence-corrected chi connectivity index (χ3v) is 17.7. The van der Waals surface area contributed by atoms with Crippen molar-refractivity contribution >= 4 is 281 Å². The Bertz CT molecular complexity index is 3600. The molecule has 1 nitrogen and oxygen atoms in total. The smallest absolute Gasteiger partial charge is 0.143 e. The second kappa shape index (κ2) is 14.0. The topological polar surface area (TPSA) is 13.1 Å². The fourth-order valence-electron chi connectivity index (χ4n) is 12.7. The van der Waals surface area contributed by atoms with Crippen molar-refractivity contribution in [3.05, 3.63) is 53.6 Å². The lowest BCUT2D eigenvalue weighted by Gasteiger charge is -2.30. The molecule has 0 atom stereocenters. The van der Waals surface area contributed by atoms with Gasteiger partial charge in [0.1, 0.15) is 145 Å². The van der Waals surface area contributed by atoms with Gasteiger partial charge in [0.05, 0.1) is 0 Å². The van der Waals surface area contributed by atoms with Gasteiger partial charge in [0.15, 0.2) is 0 Å². The summed E-state index contributed by atoms with van der Waals surface area (Å²) in [7, 11) is 39.9. The van der Waals surface area contributed by atoms with E-state index < -0.39 is 0 Å². The van der Waals surface area contributed by atoms with Crippen molar-refractivity contribution in [2.24, 2.45) is 0 Å². The van der Waals surface area contributed by atoms with Crippen LogP contribution in [-0.4, -0.2) is 133 Å². The first-order valence-corrected chi connectivity index (χ1v) is 23.2. The molecule has 63 heavy (non-hydrogen) atoms. The Balaban J connectivity index is 1.46. The Morgan fingerprint density at radius 1 is 0.317 bits per heavy atom. The first kappa shape index (κ1) is 42.4. The summed E-state index contributed by atoms with van der Waals surface area (Å²) >= 11 is 0. The van der Waals surface area contributed by atoms with Crippen molar-refractivity contribution in [1.82, 2.24) is 0 Å². The van der Waals surface area contributed by atoms with Crippen LogP contribution in [0.2, 0.25) is 0 Å². The molecule has 1 heterocycles. The summed E-state index contributed by atoms with van der Waals surface area (Å²) in [6, 6.07) is 16.5. The van der Waals surface area contributed by atoms with Crippen LogP contribution < -0.4 is 92.9 Å². The van der Waals surface area contributed by atoms with Gasteiger partial charge in [0, 0.05) is 21.6 Å². The zero-order valence-corrected chi connectivity index (χ0v) is 41.4. The molecule has 0 fully saturated rings. The quantitative estimate of drug-likeness (QED) is 0.126. The first-order chi connectivity index (χ1) is 29.7. The van der Waals surface area contributed by atoms with Crippen molar-refractivity contribution in [3.63, 3.8) is 0 Å². The van der Waals surface area contributed by atoms with Crippen LogP contribution in [0.5, 0.6) is 0 Å². The molecular formula is C45H47B17O.